The molecule has 0 radical (unpaired) electrons. The van der Waals surface area contributed by atoms with Crippen LogP contribution in [0.15, 0.2) is 18.2 Å². The van der Waals surface area contributed by atoms with Crippen LogP contribution in [0, 0.1) is 13.8 Å². The van der Waals surface area contributed by atoms with E-state index in [0.29, 0.717) is 18.9 Å². The maximum Gasteiger partial charge on any atom is 0.222 e. The van der Waals surface area contributed by atoms with Crippen LogP contribution in [0.1, 0.15) is 48.9 Å². The maximum atomic E-state index is 12.1. The number of benzene rings is 1. The molecule has 0 aliphatic carbocycles. The molecule has 0 aromatic heterocycles. The number of carboxylic acids is 1. The van der Waals surface area contributed by atoms with Gasteiger partial charge in [-0.05, 0) is 50.8 Å². The number of carboxylic acid groups (broad SMARTS) is 1. The lowest BCUT2D eigenvalue weighted by Crippen LogP contribution is -3.14. The van der Waals surface area contributed by atoms with Gasteiger partial charge in [-0.2, -0.15) is 0 Å². The van der Waals surface area contributed by atoms with Gasteiger partial charge in [0.15, 0.2) is 0 Å². The van der Waals surface area contributed by atoms with Crippen LogP contribution < -0.4 is 10.0 Å². The summed E-state index contributed by atoms with van der Waals surface area (Å²) in [6.07, 6.45) is 0.629. The first-order valence-corrected chi connectivity index (χ1v) is 8.78. The summed E-state index contributed by atoms with van der Waals surface area (Å²) in [6, 6.07) is 7.07. The van der Waals surface area contributed by atoms with E-state index in [1.165, 1.54) is 21.6 Å². The summed E-state index contributed by atoms with van der Waals surface area (Å²) in [5, 5.41) is 10.4. The number of hydrogen-bond donors (Lipinski definition) is 1. The van der Waals surface area contributed by atoms with Gasteiger partial charge in [-0.3, -0.25) is 4.79 Å². The number of rotatable bonds is 6. The van der Waals surface area contributed by atoms with Gasteiger partial charge in [-0.15, -0.1) is 0 Å². The van der Waals surface area contributed by atoms with Crippen LogP contribution in [0.25, 0.3) is 0 Å². The molecule has 24 heavy (non-hydrogen) atoms. The van der Waals surface area contributed by atoms with Crippen LogP contribution in [-0.2, 0) is 9.59 Å². The molecule has 1 aliphatic rings. The number of hydrogen-bond acceptors (Lipinski definition) is 3. The van der Waals surface area contributed by atoms with Crippen LogP contribution >= 0.6 is 0 Å². The molecule has 132 valence electrons. The summed E-state index contributed by atoms with van der Waals surface area (Å²) in [5.74, 6) is -1.02. The van der Waals surface area contributed by atoms with E-state index >= 15 is 0 Å². The average molecular weight is 332 g/mol. The van der Waals surface area contributed by atoms with Crippen molar-refractivity contribution in [1.82, 2.24) is 4.90 Å². The van der Waals surface area contributed by atoms with Crippen molar-refractivity contribution in [3.05, 3.63) is 34.9 Å². The topological polar surface area (TPSA) is 64.9 Å². The van der Waals surface area contributed by atoms with Gasteiger partial charge in [0.25, 0.3) is 0 Å². The van der Waals surface area contributed by atoms with Gasteiger partial charge >= 0.3 is 0 Å². The minimum absolute atomic E-state index is 0.0409. The Morgan fingerprint density at radius 2 is 1.83 bits per heavy atom. The number of aryl methyl sites for hydroxylation is 2. The molecular formula is C19H28N2O3. The van der Waals surface area contributed by atoms with Crippen LogP contribution in [0.5, 0.6) is 0 Å². The predicted molar refractivity (Wildman–Crippen MR) is 90.5 cm³/mol. The number of amides is 1. The summed E-state index contributed by atoms with van der Waals surface area (Å²) in [6.45, 7) is 9.87. The second kappa shape index (κ2) is 8.29. The van der Waals surface area contributed by atoms with Crippen molar-refractivity contribution in [2.24, 2.45) is 0 Å². The van der Waals surface area contributed by atoms with E-state index in [2.05, 4.69) is 39.0 Å². The second-order valence-electron chi connectivity index (χ2n) is 6.83. The first kappa shape index (κ1) is 18.5. The summed E-state index contributed by atoms with van der Waals surface area (Å²) in [7, 11) is 0. The van der Waals surface area contributed by atoms with Gasteiger partial charge in [-0.25, -0.2) is 0 Å². The Morgan fingerprint density at radius 3 is 2.42 bits per heavy atom. The van der Waals surface area contributed by atoms with Crippen molar-refractivity contribution in [2.45, 2.75) is 46.1 Å². The SMILES string of the molecule is Cc1ccc([C@H](C)[NH+]2CCN(C(=O)CCCC(=O)[O-])CC2)cc1C. The molecule has 0 bridgehead atoms. The number of carbonyl (C=O) groups is 2. The molecule has 2 rings (SSSR count). The Morgan fingerprint density at radius 1 is 1.17 bits per heavy atom. The molecule has 1 aliphatic heterocycles. The summed E-state index contributed by atoms with van der Waals surface area (Å²) < 4.78 is 0. The summed E-state index contributed by atoms with van der Waals surface area (Å²) in [5.41, 5.74) is 3.98. The molecular weight excluding hydrogens is 304 g/mol. The molecule has 1 aromatic rings. The third-order valence-corrected chi connectivity index (χ3v) is 5.17. The van der Waals surface area contributed by atoms with Gasteiger partial charge < -0.3 is 19.7 Å². The zero-order valence-electron chi connectivity index (χ0n) is 14.9. The predicted octanol–water partition coefficient (Wildman–Crippen LogP) is 0.0117. The van der Waals surface area contributed by atoms with Crippen LogP contribution in [0.2, 0.25) is 0 Å². The minimum Gasteiger partial charge on any atom is -0.550 e. The number of nitrogens with zero attached hydrogens (tertiary/aromatic N) is 1. The Labute approximate surface area is 144 Å². The molecule has 0 saturated carbocycles. The van der Waals surface area contributed by atoms with Crippen molar-refractivity contribution in [1.29, 1.82) is 0 Å². The van der Waals surface area contributed by atoms with Crippen molar-refractivity contribution in [2.75, 3.05) is 26.2 Å². The zero-order chi connectivity index (χ0) is 17.7. The Bertz CT molecular complexity index is 592. The van der Waals surface area contributed by atoms with Crippen molar-refractivity contribution >= 4 is 11.9 Å². The van der Waals surface area contributed by atoms with E-state index < -0.39 is 5.97 Å². The molecule has 1 aromatic carbocycles. The average Bonchev–Trinajstić information content (AvgIpc) is 2.56. The third-order valence-electron chi connectivity index (χ3n) is 5.17. The third kappa shape index (κ3) is 4.81. The van der Waals surface area contributed by atoms with E-state index in [-0.39, 0.29) is 12.3 Å². The van der Waals surface area contributed by atoms with Gasteiger partial charge in [0.2, 0.25) is 5.91 Å². The minimum atomic E-state index is -1.08. The largest absolute Gasteiger partial charge is 0.550 e. The van der Waals surface area contributed by atoms with E-state index in [4.69, 9.17) is 0 Å². The Hall–Kier alpha value is -1.88. The van der Waals surface area contributed by atoms with Crippen LogP contribution in [-0.4, -0.2) is 43.0 Å². The fraction of sp³-hybridized carbons (Fsp3) is 0.579. The van der Waals surface area contributed by atoms with E-state index in [1.54, 1.807) is 0 Å². The molecule has 1 amide bonds. The summed E-state index contributed by atoms with van der Waals surface area (Å²) in [4.78, 5) is 25.9. The highest BCUT2D eigenvalue weighted by Gasteiger charge is 2.27. The first-order valence-electron chi connectivity index (χ1n) is 8.78. The fourth-order valence-corrected chi connectivity index (χ4v) is 3.29. The molecule has 1 heterocycles. The number of quaternary nitrogens is 1. The van der Waals surface area contributed by atoms with Crippen molar-refractivity contribution < 1.29 is 19.6 Å². The number of piperazine rings is 1. The van der Waals surface area contributed by atoms with E-state index in [9.17, 15) is 14.7 Å². The smallest absolute Gasteiger partial charge is 0.222 e. The maximum absolute atomic E-state index is 12.1. The first-order chi connectivity index (χ1) is 11.4. The quantitative estimate of drug-likeness (QED) is 0.798. The van der Waals surface area contributed by atoms with Crippen LogP contribution in [0.3, 0.4) is 0 Å². The molecule has 1 atom stereocenters. The Kier molecular flexibility index (Phi) is 6.37. The van der Waals surface area contributed by atoms with E-state index in [1.807, 2.05) is 4.90 Å². The van der Waals surface area contributed by atoms with Crippen LogP contribution in [0.4, 0.5) is 0 Å². The molecule has 1 saturated heterocycles. The highest BCUT2D eigenvalue weighted by molar-refractivity contribution is 5.76. The second-order valence-corrected chi connectivity index (χ2v) is 6.83. The van der Waals surface area contributed by atoms with Gasteiger partial charge in [-0.1, -0.05) is 12.1 Å². The molecule has 0 unspecified atom stereocenters. The van der Waals surface area contributed by atoms with E-state index in [0.717, 1.165) is 26.2 Å². The lowest BCUT2D eigenvalue weighted by Gasteiger charge is -2.35. The monoisotopic (exact) mass is 332 g/mol. The van der Waals surface area contributed by atoms with Crippen molar-refractivity contribution in [3.8, 4) is 0 Å². The lowest BCUT2D eigenvalue weighted by atomic mass is 10.0. The molecule has 0 spiro atoms. The van der Waals surface area contributed by atoms with Gasteiger partial charge in [0, 0.05) is 18.0 Å². The molecule has 5 heteroatoms. The highest BCUT2D eigenvalue weighted by Crippen LogP contribution is 2.15. The normalized spacial score (nSPS) is 16.9. The molecule has 5 nitrogen and oxygen atoms in total. The number of aliphatic carboxylic acids is 1. The van der Waals surface area contributed by atoms with Crippen molar-refractivity contribution in [3.63, 3.8) is 0 Å². The van der Waals surface area contributed by atoms with Gasteiger partial charge in [0.05, 0.1) is 26.2 Å². The molecule has 1 N–H and O–H groups in total. The number of nitrogens with one attached hydrogen (secondary N) is 1. The highest BCUT2D eigenvalue weighted by atomic mass is 16.4. The number of carbonyl (C=O) groups excluding carboxylic acids is 2. The Balaban J connectivity index is 1.84. The summed E-state index contributed by atoms with van der Waals surface area (Å²) >= 11 is 0. The lowest BCUT2D eigenvalue weighted by molar-refractivity contribution is -0.933. The standard InChI is InChI=1S/C19H28N2O3/c1-14-7-8-17(13-15(14)2)16(3)20-9-11-21(12-10-20)18(22)5-4-6-19(23)24/h7-8,13,16H,4-6,9-12H2,1-3H3,(H,23,24)/t16-/m0/s1. The fourth-order valence-electron chi connectivity index (χ4n) is 3.29. The molecule has 1 fully saturated rings. The zero-order valence-corrected chi connectivity index (χ0v) is 14.9. The van der Waals surface area contributed by atoms with Gasteiger partial charge in [0.1, 0.15) is 6.04 Å².